The van der Waals surface area contributed by atoms with Crippen molar-refractivity contribution in [3.05, 3.63) is 71.8 Å². The van der Waals surface area contributed by atoms with Gasteiger partial charge < -0.3 is 9.84 Å². The Labute approximate surface area is 125 Å². The third-order valence-electron chi connectivity index (χ3n) is 2.99. The minimum Gasteiger partial charge on any atom is -0.446 e. The summed E-state index contributed by atoms with van der Waals surface area (Å²) >= 11 is 0. The van der Waals surface area contributed by atoms with Crippen molar-refractivity contribution in [1.29, 1.82) is 0 Å². The highest BCUT2D eigenvalue weighted by Gasteiger charge is 2.48. The summed E-state index contributed by atoms with van der Waals surface area (Å²) < 4.78 is 43.8. The number of hydrogen-bond acceptors (Lipinski definition) is 3. The van der Waals surface area contributed by atoms with Crippen LogP contribution in [0.1, 0.15) is 22.0 Å². The summed E-state index contributed by atoms with van der Waals surface area (Å²) in [6, 6.07) is 14.6. The molecule has 0 amide bonds. The van der Waals surface area contributed by atoms with Crippen LogP contribution in [0, 0.1) is 0 Å². The molecule has 116 valence electrons. The molecule has 2 aromatic rings. The Kier molecular flexibility index (Phi) is 4.82. The second-order valence-electron chi connectivity index (χ2n) is 4.59. The van der Waals surface area contributed by atoms with E-state index in [0.29, 0.717) is 0 Å². The second kappa shape index (κ2) is 6.62. The molecule has 0 radical (unpaired) electrons. The van der Waals surface area contributed by atoms with Crippen LogP contribution in [0.4, 0.5) is 13.2 Å². The number of ether oxygens (including phenoxy) is 1. The lowest BCUT2D eigenvalue weighted by Crippen LogP contribution is -2.39. The molecular formula is C16H13F3O3. The molecule has 0 aliphatic heterocycles. The van der Waals surface area contributed by atoms with E-state index in [0.717, 1.165) is 0 Å². The van der Waals surface area contributed by atoms with Gasteiger partial charge in [0, 0.05) is 0 Å². The number of benzene rings is 2. The smallest absolute Gasteiger partial charge is 0.428 e. The van der Waals surface area contributed by atoms with Crippen LogP contribution in [0.25, 0.3) is 0 Å². The normalized spacial score (nSPS) is 14.2. The van der Waals surface area contributed by atoms with Gasteiger partial charge in [0.05, 0.1) is 5.56 Å². The predicted octanol–water partition coefficient (Wildman–Crippen LogP) is 3.51. The monoisotopic (exact) mass is 310 g/mol. The van der Waals surface area contributed by atoms with Crippen molar-refractivity contribution >= 4 is 5.97 Å². The minimum atomic E-state index is -4.89. The van der Waals surface area contributed by atoms with E-state index >= 15 is 0 Å². The lowest BCUT2D eigenvalue weighted by atomic mass is 10.0. The maximum absolute atomic E-state index is 13.1. The molecule has 0 aromatic heterocycles. The van der Waals surface area contributed by atoms with Crippen LogP contribution in [0.2, 0.25) is 0 Å². The molecule has 3 nitrogen and oxygen atoms in total. The van der Waals surface area contributed by atoms with Crippen molar-refractivity contribution in [1.82, 2.24) is 0 Å². The first-order chi connectivity index (χ1) is 10.4. The molecule has 2 atom stereocenters. The van der Waals surface area contributed by atoms with E-state index in [9.17, 15) is 23.1 Å². The van der Waals surface area contributed by atoms with E-state index in [-0.39, 0.29) is 11.1 Å². The van der Waals surface area contributed by atoms with Gasteiger partial charge in [0.2, 0.25) is 6.10 Å². The Bertz CT molecular complexity index is 612. The van der Waals surface area contributed by atoms with Crippen molar-refractivity contribution in [3.8, 4) is 0 Å². The molecule has 0 aliphatic carbocycles. The zero-order chi connectivity index (χ0) is 16.2. The van der Waals surface area contributed by atoms with Gasteiger partial charge in [-0.05, 0) is 17.7 Å². The number of rotatable bonds is 4. The van der Waals surface area contributed by atoms with Gasteiger partial charge in [0.15, 0.2) is 0 Å². The Morgan fingerprint density at radius 2 is 1.45 bits per heavy atom. The summed E-state index contributed by atoms with van der Waals surface area (Å²) in [6.07, 6.45) is -9.52. The third-order valence-corrected chi connectivity index (χ3v) is 2.99. The molecule has 0 aliphatic rings. The number of alkyl halides is 3. The van der Waals surface area contributed by atoms with Gasteiger partial charge in [0.1, 0.15) is 6.10 Å². The quantitative estimate of drug-likeness (QED) is 0.879. The molecule has 0 bridgehead atoms. The molecule has 22 heavy (non-hydrogen) atoms. The number of halogens is 3. The van der Waals surface area contributed by atoms with Crippen LogP contribution in [0.5, 0.6) is 0 Å². The van der Waals surface area contributed by atoms with Gasteiger partial charge in [-0.15, -0.1) is 0 Å². The first-order valence-electron chi connectivity index (χ1n) is 6.45. The molecule has 1 N–H and O–H groups in total. The molecule has 0 spiro atoms. The summed E-state index contributed by atoms with van der Waals surface area (Å²) in [7, 11) is 0. The first kappa shape index (κ1) is 16.0. The van der Waals surface area contributed by atoms with E-state index in [1.54, 1.807) is 12.1 Å². The summed E-state index contributed by atoms with van der Waals surface area (Å²) in [5.74, 6) is -1.14. The van der Waals surface area contributed by atoms with Gasteiger partial charge in [-0.25, -0.2) is 4.79 Å². The highest BCUT2D eigenvalue weighted by Crippen LogP contribution is 2.33. The Morgan fingerprint density at radius 1 is 0.955 bits per heavy atom. The topological polar surface area (TPSA) is 46.5 Å². The van der Waals surface area contributed by atoms with Crippen molar-refractivity contribution in [2.45, 2.75) is 18.4 Å². The molecule has 0 unspecified atom stereocenters. The predicted molar refractivity (Wildman–Crippen MR) is 73.1 cm³/mol. The summed E-state index contributed by atoms with van der Waals surface area (Å²) in [5, 5.41) is 9.91. The van der Waals surface area contributed by atoms with Crippen molar-refractivity contribution in [3.63, 3.8) is 0 Å². The maximum Gasteiger partial charge on any atom is 0.428 e. The number of esters is 1. The number of hydrogen-bond donors (Lipinski definition) is 1. The van der Waals surface area contributed by atoms with Gasteiger partial charge in [-0.2, -0.15) is 13.2 Å². The lowest BCUT2D eigenvalue weighted by Gasteiger charge is -2.25. The fraction of sp³-hybridized carbons (Fsp3) is 0.188. The van der Waals surface area contributed by atoms with Crippen LogP contribution in [0.3, 0.4) is 0 Å². The molecule has 0 heterocycles. The molecule has 0 saturated carbocycles. The van der Waals surface area contributed by atoms with Crippen molar-refractivity contribution in [2.24, 2.45) is 0 Å². The van der Waals surface area contributed by atoms with E-state index in [1.807, 2.05) is 0 Å². The fourth-order valence-corrected chi connectivity index (χ4v) is 1.89. The van der Waals surface area contributed by atoms with Gasteiger partial charge in [-0.3, -0.25) is 0 Å². The van der Waals surface area contributed by atoms with Crippen LogP contribution < -0.4 is 0 Å². The zero-order valence-electron chi connectivity index (χ0n) is 11.3. The van der Waals surface area contributed by atoms with Crippen LogP contribution in [-0.2, 0) is 4.74 Å². The Morgan fingerprint density at radius 3 is 1.95 bits per heavy atom. The molecular weight excluding hydrogens is 297 g/mol. The van der Waals surface area contributed by atoms with Crippen LogP contribution >= 0.6 is 0 Å². The highest BCUT2D eigenvalue weighted by molar-refractivity contribution is 5.89. The summed E-state index contributed by atoms with van der Waals surface area (Å²) in [4.78, 5) is 11.8. The number of carbonyl (C=O) groups is 1. The van der Waals surface area contributed by atoms with E-state index in [4.69, 9.17) is 0 Å². The van der Waals surface area contributed by atoms with E-state index in [2.05, 4.69) is 4.74 Å². The SMILES string of the molecule is O=C(O[C@H]([C@H](O)c1ccccc1)C(F)(F)F)c1ccccc1. The number of aliphatic hydroxyl groups excluding tert-OH is 1. The Hall–Kier alpha value is -2.34. The Balaban J connectivity index is 2.23. The molecule has 6 heteroatoms. The molecule has 0 saturated heterocycles. The maximum atomic E-state index is 13.1. The number of aliphatic hydroxyl groups is 1. The molecule has 0 fully saturated rings. The standard InChI is InChI=1S/C16H13F3O3/c17-16(18,19)14(13(20)11-7-3-1-4-8-11)22-15(21)12-9-5-2-6-10-12/h1-10,13-14,20H/t13-,14-/m1/s1. The largest absolute Gasteiger partial charge is 0.446 e. The van der Waals surface area contributed by atoms with Gasteiger partial charge in [-0.1, -0.05) is 48.5 Å². The second-order valence-corrected chi connectivity index (χ2v) is 4.59. The van der Waals surface area contributed by atoms with Gasteiger partial charge >= 0.3 is 12.1 Å². The minimum absolute atomic E-state index is 0.0167. The van der Waals surface area contributed by atoms with E-state index in [1.165, 1.54) is 48.5 Å². The zero-order valence-corrected chi connectivity index (χ0v) is 11.3. The average Bonchev–Trinajstić information content (AvgIpc) is 2.52. The average molecular weight is 310 g/mol. The van der Waals surface area contributed by atoms with E-state index < -0.39 is 24.4 Å². The first-order valence-corrected chi connectivity index (χ1v) is 6.45. The summed E-state index contributed by atoms with van der Waals surface area (Å²) in [6.45, 7) is 0. The molecule has 2 rings (SSSR count). The van der Waals surface area contributed by atoms with Crippen molar-refractivity contribution < 1.29 is 27.8 Å². The molecule has 2 aromatic carbocycles. The lowest BCUT2D eigenvalue weighted by molar-refractivity contribution is -0.231. The summed E-state index contributed by atoms with van der Waals surface area (Å²) in [5.41, 5.74) is 0.00250. The van der Waals surface area contributed by atoms with Gasteiger partial charge in [0.25, 0.3) is 0 Å². The number of carbonyl (C=O) groups excluding carboxylic acids is 1. The highest BCUT2D eigenvalue weighted by atomic mass is 19.4. The van der Waals surface area contributed by atoms with Crippen LogP contribution in [0.15, 0.2) is 60.7 Å². The van der Waals surface area contributed by atoms with Crippen LogP contribution in [-0.4, -0.2) is 23.4 Å². The van der Waals surface area contributed by atoms with Crippen molar-refractivity contribution in [2.75, 3.05) is 0 Å². The fourth-order valence-electron chi connectivity index (χ4n) is 1.89. The third kappa shape index (κ3) is 3.85.